The van der Waals surface area contributed by atoms with Crippen molar-refractivity contribution >= 4 is 12.6 Å². The van der Waals surface area contributed by atoms with E-state index in [1.54, 1.807) is 33.5 Å². The van der Waals surface area contributed by atoms with Crippen molar-refractivity contribution in [1.82, 2.24) is 0 Å². The van der Waals surface area contributed by atoms with E-state index < -0.39 is 7.12 Å². The first kappa shape index (κ1) is 13.0. The summed E-state index contributed by atoms with van der Waals surface area (Å²) in [7, 11) is 4.05. The Morgan fingerprint density at radius 1 is 1.17 bits per heavy atom. The van der Waals surface area contributed by atoms with Crippen LogP contribution in [0.4, 0.5) is 0 Å². The second-order valence-electron chi connectivity index (χ2n) is 3.57. The first-order valence-electron chi connectivity index (χ1n) is 5.41. The molecule has 7 heteroatoms. The van der Waals surface area contributed by atoms with E-state index >= 15 is 0 Å². The van der Waals surface area contributed by atoms with Crippen molar-refractivity contribution in [3.8, 4) is 17.2 Å². The summed E-state index contributed by atoms with van der Waals surface area (Å²) in [6.07, 6.45) is 0. The highest BCUT2D eigenvalue weighted by molar-refractivity contribution is 6.63. The molecule has 0 saturated carbocycles. The van der Waals surface area contributed by atoms with Crippen molar-refractivity contribution in [3.63, 3.8) is 0 Å². The zero-order valence-corrected chi connectivity index (χ0v) is 10.6. The minimum absolute atomic E-state index is 0.132. The molecule has 1 heterocycles. The van der Waals surface area contributed by atoms with Crippen LogP contribution in [0.1, 0.15) is 0 Å². The molecule has 1 aromatic carbocycles. The quantitative estimate of drug-likeness (QED) is 0.540. The fourth-order valence-corrected chi connectivity index (χ4v) is 1.78. The van der Waals surface area contributed by atoms with Gasteiger partial charge in [0.25, 0.3) is 0 Å². The lowest BCUT2D eigenvalue weighted by molar-refractivity contribution is 0.0515. The fourth-order valence-electron chi connectivity index (χ4n) is 1.78. The third-order valence-corrected chi connectivity index (χ3v) is 2.53. The number of fused-ring (bicyclic) bond motifs is 1. The second kappa shape index (κ2) is 5.95. The van der Waals surface area contributed by atoms with Crippen molar-refractivity contribution in [2.45, 2.75) is 0 Å². The molecule has 18 heavy (non-hydrogen) atoms. The molecule has 0 aliphatic carbocycles. The van der Waals surface area contributed by atoms with E-state index in [-0.39, 0.29) is 13.6 Å². The van der Waals surface area contributed by atoms with E-state index in [0.717, 1.165) is 0 Å². The third-order valence-electron chi connectivity index (χ3n) is 2.53. The minimum Gasteiger partial charge on any atom is -0.468 e. The fraction of sp³-hybridized carbons (Fsp3) is 0.455. The van der Waals surface area contributed by atoms with E-state index in [0.29, 0.717) is 22.7 Å². The molecule has 0 fully saturated rings. The van der Waals surface area contributed by atoms with Crippen molar-refractivity contribution in [1.29, 1.82) is 0 Å². The van der Waals surface area contributed by atoms with Gasteiger partial charge < -0.3 is 28.3 Å². The van der Waals surface area contributed by atoms with Crippen LogP contribution < -0.4 is 19.7 Å². The maximum absolute atomic E-state index is 5.48. The topological polar surface area (TPSA) is 55.4 Å². The molecule has 2 rings (SSSR count). The van der Waals surface area contributed by atoms with Gasteiger partial charge in [0.05, 0.1) is 5.46 Å². The van der Waals surface area contributed by atoms with E-state index in [4.69, 9.17) is 28.3 Å². The number of hydrogen-bond donors (Lipinski definition) is 0. The van der Waals surface area contributed by atoms with E-state index in [1.807, 2.05) is 0 Å². The van der Waals surface area contributed by atoms with Crippen LogP contribution in [-0.2, 0) is 14.0 Å². The van der Waals surface area contributed by atoms with Crippen LogP contribution in [-0.4, -0.2) is 42.0 Å². The first-order valence-corrected chi connectivity index (χ1v) is 5.41. The van der Waals surface area contributed by atoms with Crippen molar-refractivity contribution in [3.05, 3.63) is 12.1 Å². The molecule has 0 N–H and O–H groups in total. The molecule has 0 saturated heterocycles. The molecule has 1 aliphatic rings. The van der Waals surface area contributed by atoms with Gasteiger partial charge in [-0.05, 0) is 12.1 Å². The van der Waals surface area contributed by atoms with E-state index in [1.165, 1.54) is 0 Å². The van der Waals surface area contributed by atoms with Crippen molar-refractivity contribution in [2.24, 2.45) is 0 Å². The molecule has 0 atom stereocenters. The standard InChI is InChI=1S/C11H15BO6/c1-13-6-16-8-4-5-9-11(18-7-17-9)10(8)12(14-2)15-3/h4-5H,6-7H2,1-3H3. The van der Waals surface area contributed by atoms with Gasteiger partial charge in [-0.2, -0.15) is 0 Å². The van der Waals surface area contributed by atoms with Gasteiger partial charge in [0.2, 0.25) is 6.79 Å². The van der Waals surface area contributed by atoms with Crippen molar-refractivity contribution < 1.29 is 28.3 Å². The van der Waals surface area contributed by atoms with Gasteiger partial charge in [0, 0.05) is 21.3 Å². The first-order chi connectivity index (χ1) is 8.81. The molecular formula is C11H15BO6. The van der Waals surface area contributed by atoms with Gasteiger partial charge >= 0.3 is 7.12 Å². The van der Waals surface area contributed by atoms with Gasteiger partial charge in [0.15, 0.2) is 18.3 Å². The maximum atomic E-state index is 5.48. The average molecular weight is 254 g/mol. The minimum atomic E-state index is -0.589. The summed E-state index contributed by atoms with van der Waals surface area (Å²) in [6, 6.07) is 3.55. The summed E-state index contributed by atoms with van der Waals surface area (Å²) >= 11 is 0. The highest BCUT2D eigenvalue weighted by atomic mass is 16.7. The molecule has 1 aromatic rings. The average Bonchev–Trinajstić information content (AvgIpc) is 2.87. The number of methoxy groups -OCH3 is 1. The molecule has 6 nitrogen and oxygen atoms in total. The molecule has 0 amide bonds. The molecule has 98 valence electrons. The molecule has 0 unspecified atom stereocenters. The van der Waals surface area contributed by atoms with Crippen LogP contribution >= 0.6 is 0 Å². The Morgan fingerprint density at radius 3 is 2.61 bits per heavy atom. The summed E-state index contributed by atoms with van der Waals surface area (Å²) in [4.78, 5) is 0. The zero-order valence-electron chi connectivity index (χ0n) is 10.6. The monoisotopic (exact) mass is 254 g/mol. The molecule has 0 radical (unpaired) electrons. The predicted octanol–water partition coefficient (Wildman–Crippen LogP) is 0.386. The van der Waals surface area contributed by atoms with Crippen LogP contribution in [0.5, 0.6) is 17.2 Å². The number of benzene rings is 1. The smallest absolute Gasteiger partial charge is 0.468 e. The highest BCUT2D eigenvalue weighted by Gasteiger charge is 2.32. The summed E-state index contributed by atoms with van der Waals surface area (Å²) < 4.78 is 31.6. The van der Waals surface area contributed by atoms with Gasteiger partial charge in [-0.25, -0.2) is 0 Å². The van der Waals surface area contributed by atoms with E-state index in [2.05, 4.69) is 0 Å². The summed E-state index contributed by atoms with van der Waals surface area (Å²) in [5.41, 5.74) is 0.659. The summed E-state index contributed by atoms with van der Waals surface area (Å²) in [6.45, 7) is 0.309. The highest BCUT2D eigenvalue weighted by Crippen LogP contribution is 2.34. The summed E-state index contributed by atoms with van der Waals surface area (Å²) in [5.74, 6) is 1.81. The maximum Gasteiger partial charge on any atom is 0.501 e. The normalized spacial score (nSPS) is 12.6. The lowest BCUT2D eigenvalue weighted by Crippen LogP contribution is -2.37. The zero-order chi connectivity index (χ0) is 13.0. The lowest BCUT2D eigenvalue weighted by atomic mass is 9.77. The van der Waals surface area contributed by atoms with Crippen LogP contribution in [0.25, 0.3) is 0 Å². The Bertz CT molecular complexity index is 407. The molecule has 0 spiro atoms. The van der Waals surface area contributed by atoms with Crippen molar-refractivity contribution in [2.75, 3.05) is 34.9 Å². The van der Waals surface area contributed by atoms with E-state index in [9.17, 15) is 0 Å². The Labute approximate surface area is 106 Å². The van der Waals surface area contributed by atoms with Gasteiger partial charge in [-0.3, -0.25) is 0 Å². The Hall–Kier alpha value is -1.44. The number of rotatable bonds is 6. The Kier molecular flexibility index (Phi) is 4.30. The molecule has 1 aliphatic heterocycles. The molecular weight excluding hydrogens is 239 g/mol. The predicted molar refractivity (Wildman–Crippen MR) is 64.5 cm³/mol. The van der Waals surface area contributed by atoms with Crippen LogP contribution in [0.3, 0.4) is 0 Å². The van der Waals surface area contributed by atoms with Gasteiger partial charge in [0.1, 0.15) is 5.75 Å². The summed E-state index contributed by atoms with van der Waals surface area (Å²) in [5, 5.41) is 0. The van der Waals surface area contributed by atoms with Gasteiger partial charge in [-0.1, -0.05) is 0 Å². The van der Waals surface area contributed by atoms with Crippen LogP contribution in [0.2, 0.25) is 0 Å². The Morgan fingerprint density at radius 2 is 1.94 bits per heavy atom. The third kappa shape index (κ3) is 2.38. The molecule has 0 aromatic heterocycles. The second-order valence-corrected chi connectivity index (χ2v) is 3.57. The SMILES string of the molecule is COCOc1ccc2c(c1B(OC)OC)OCO2. The number of hydrogen-bond acceptors (Lipinski definition) is 6. The largest absolute Gasteiger partial charge is 0.501 e. The lowest BCUT2D eigenvalue weighted by Gasteiger charge is -2.16. The van der Waals surface area contributed by atoms with Crippen LogP contribution in [0.15, 0.2) is 12.1 Å². The Balaban J connectivity index is 2.39. The van der Waals surface area contributed by atoms with Gasteiger partial charge in [-0.15, -0.1) is 0 Å². The molecule has 0 bridgehead atoms. The number of ether oxygens (including phenoxy) is 4. The van der Waals surface area contributed by atoms with Crippen LogP contribution in [0, 0.1) is 0 Å².